The van der Waals surface area contributed by atoms with Gasteiger partial charge in [-0.05, 0) is 42.0 Å². The van der Waals surface area contributed by atoms with Crippen LogP contribution in [0.15, 0.2) is 59.6 Å². The Balaban J connectivity index is 1.82. The molecule has 0 radical (unpaired) electrons. The van der Waals surface area contributed by atoms with E-state index in [1.165, 1.54) is 4.31 Å². The van der Waals surface area contributed by atoms with E-state index in [-0.39, 0.29) is 10.6 Å². The average molecular weight is 414 g/mol. The summed E-state index contributed by atoms with van der Waals surface area (Å²) in [5, 5.41) is 15.1. The van der Waals surface area contributed by atoms with Gasteiger partial charge in [0.2, 0.25) is 10.0 Å². The van der Waals surface area contributed by atoms with Gasteiger partial charge < -0.3 is 5.32 Å². The lowest BCUT2D eigenvalue weighted by Gasteiger charge is -2.18. The van der Waals surface area contributed by atoms with E-state index in [4.69, 9.17) is 0 Å². The Hall–Kier alpha value is -3.04. The lowest BCUT2D eigenvalue weighted by atomic mass is 10.1. The third-order valence-electron chi connectivity index (χ3n) is 4.69. The molecule has 0 saturated carbocycles. The van der Waals surface area contributed by atoms with E-state index in [0.29, 0.717) is 36.2 Å². The van der Waals surface area contributed by atoms with E-state index in [1.54, 1.807) is 68.6 Å². The lowest BCUT2D eigenvalue weighted by Crippen LogP contribution is -2.30. The largest absolute Gasteiger partial charge is 0.375 e. The molecule has 8 nitrogen and oxygen atoms in total. The normalized spacial score (nSPS) is 11.7. The number of nitrogens with zero attached hydrogens (tertiary/aromatic N) is 3. The van der Waals surface area contributed by atoms with Crippen LogP contribution < -0.4 is 5.32 Å². The first-order chi connectivity index (χ1) is 13.9. The number of fused-ring (bicyclic) bond motifs is 1. The number of rotatable bonds is 8. The number of pyridine rings is 1. The second-order valence-corrected chi connectivity index (χ2v) is 8.31. The summed E-state index contributed by atoms with van der Waals surface area (Å²) in [5.74, 6) is 0. The Morgan fingerprint density at radius 1 is 1.07 bits per heavy atom. The molecular weight excluding hydrogens is 392 g/mol. The lowest BCUT2D eigenvalue weighted by molar-refractivity contribution is -0.382. The predicted octanol–water partition coefficient (Wildman–Crippen LogP) is 3.79. The summed E-state index contributed by atoms with van der Waals surface area (Å²) >= 11 is 0. The minimum absolute atomic E-state index is 0.0312. The Morgan fingerprint density at radius 2 is 1.76 bits per heavy atom. The zero-order valence-electron chi connectivity index (χ0n) is 16.2. The zero-order chi connectivity index (χ0) is 21.0. The summed E-state index contributed by atoms with van der Waals surface area (Å²) in [6.07, 6.45) is 1.59. The highest BCUT2D eigenvalue weighted by molar-refractivity contribution is 7.89. The third-order valence-corrected chi connectivity index (χ3v) is 6.75. The number of sulfonamides is 1. The van der Waals surface area contributed by atoms with Crippen molar-refractivity contribution in [3.8, 4) is 0 Å². The molecule has 0 saturated heterocycles. The van der Waals surface area contributed by atoms with E-state index < -0.39 is 14.9 Å². The van der Waals surface area contributed by atoms with Crippen molar-refractivity contribution in [1.82, 2.24) is 9.29 Å². The van der Waals surface area contributed by atoms with Crippen LogP contribution in [0.25, 0.3) is 10.9 Å². The van der Waals surface area contributed by atoms with Crippen LogP contribution in [0.2, 0.25) is 0 Å². The molecule has 29 heavy (non-hydrogen) atoms. The van der Waals surface area contributed by atoms with Gasteiger partial charge in [-0.25, -0.2) is 8.42 Å². The zero-order valence-corrected chi connectivity index (χ0v) is 17.0. The van der Waals surface area contributed by atoms with E-state index in [9.17, 15) is 18.5 Å². The van der Waals surface area contributed by atoms with Crippen LogP contribution in [-0.4, -0.2) is 35.7 Å². The van der Waals surface area contributed by atoms with Crippen molar-refractivity contribution < 1.29 is 13.3 Å². The van der Waals surface area contributed by atoms with Gasteiger partial charge in [0, 0.05) is 25.8 Å². The molecule has 0 aliphatic rings. The minimum Gasteiger partial charge on any atom is -0.375 e. The molecule has 0 atom stereocenters. The SMILES string of the molecule is CCN(CC)S(=O)(=O)c1ccc(CNc2ccc3ncccc3c2[N+](=O)[O-])cc1. The Morgan fingerprint density at radius 3 is 2.38 bits per heavy atom. The molecule has 0 fully saturated rings. The molecule has 1 N–H and O–H groups in total. The van der Waals surface area contributed by atoms with Gasteiger partial charge in [-0.15, -0.1) is 0 Å². The summed E-state index contributed by atoms with van der Waals surface area (Å²) < 4.78 is 26.5. The number of hydrogen-bond donors (Lipinski definition) is 1. The quantitative estimate of drug-likeness (QED) is 0.444. The predicted molar refractivity (Wildman–Crippen MR) is 112 cm³/mol. The molecular formula is C20H22N4O4S. The number of nitro groups is 1. The van der Waals surface area contributed by atoms with Crippen molar-refractivity contribution in [3.05, 3.63) is 70.4 Å². The van der Waals surface area contributed by atoms with Crippen LogP contribution in [0.3, 0.4) is 0 Å². The smallest absolute Gasteiger partial charge is 0.301 e. The number of anilines is 1. The van der Waals surface area contributed by atoms with Crippen LogP contribution in [0.1, 0.15) is 19.4 Å². The monoisotopic (exact) mass is 414 g/mol. The van der Waals surface area contributed by atoms with E-state index in [1.807, 2.05) is 0 Å². The highest BCUT2D eigenvalue weighted by Crippen LogP contribution is 2.32. The van der Waals surface area contributed by atoms with Crippen LogP contribution in [0.4, 0.5) is 11.4 Å². The molecule has 1 aromatic heterocycles. The molecule has 0 aliphatic heterocycles. The van der Waals surface area contributed by atoms with Gasteiger partial charge >= 0.3 is 5.69 Å². The maximum Gasteiger partial charge on any atom is 0.301 e. The van der Waals surface area contributed by atoms with Crippen molar-refractivity contribution in [2.75, 3.05) is 18.4 Å². The molecule has 0 amide bonds. The Labute approximate surface area is 169 Å². The van der Waals surface area contributed by atoms with Crippen molar-refractivity contribution in [2.24, 2.45) is 0 Å². The van der Waals surface area contributed by atoms with Gasteiger partial charge in [0.1, 0.15) is 5.69 Å². The van der Waals surface area contributed by atoms with Gasteiger partial charge in [-0.2, -0.15) is 4.31 Å². The fourth-order valence-electron chi connectivity index (χ4n) is 3.17. The standard InChI is InChI=1S/C20H22N4O4S/c1-3-23(4-2)29(27,28)16-9-7-15(8-10-16)14-22-19-12-11-18-17(6-5-13-21-18)20(19)24(25)26/h5-13,22H,3-4,14H2,1-2H3. The molecule has 3 aromatic rings. The summed E-state index contributed by atoms with van der Waals surface area (Å²) in [7, 11) is -3.51. The highest BCUT2D eigenvalue weighted by Gasteiger charge is 2.21. The van der Waals surface area contributed by atoms with E-state index in [2.05, 4.69) is 10.3 Å². The summed E-state index contributed by atoms with van der Waals surface area (Å²) in [5.41, 5.74) is 1.71. The highest BCUT2D eigenvalue weighted by atomic mass is 32.2. The topological polar surface area (TPSA) is 105 Å². The fourth-order valence-corrected chi connectivity index (χ4v) is 4.62. The first-order valence-corrected chi connectivity index (χ1v) is 10.7. The van der Waals surface area contributed by atoms with Gasteiger partial charge in [0.25, 0.3) is 0 Å². The van der Waals surface area contributed by atoms with Crippen molar-refractivity contribution in [2.45, 2.75) is 25.3 Å². The fraction of sp³-hybridized carbons (Fsp3) is 0.250. The number of benzene rings is 2. The van der Waals surface area contributed by atoms with Gasteiger partial charge in [-0.1, -0.05) is 26.0 Å². The van der Waals surface area contributed by atoms with Gasteiger partial charge in [0.05, 0.1) is 20.7 Å². The van der Waals surface area contributed by atoms with E-state index in [0.717, 1.165) is 5.56 Å². The Bertz CT molecular complexity index is 1130. The maximum absolute atomic E-state index is 12.6. The summed E-state index contributed by atoms with van der Waals surface area (Å²) in [6.45, 7) is 4.72. The first-order valence-electron chi connectivity index (χ1n) is 9.23. The van der Waals surface area contributed by atoms with E-state index >= 15 is 0 Å². The number of nitrogens with one attached hydrogen (secondary N) is 1. The average Bonchev–Trinajstić information content (AvgIpc) is 2.72. The van der Waals surface area contributed by atoms with Crippen molar-refractivity contribution in [3.63, 3.8) is 0 Å². The summed E-state index contributed by atoms with van der Waals surface area (Å²) in [4.78, 5) is 15.5. The van der Waals surface area contributed by atoms with Crippen LogP contribution in [0, 0.1) is 10.1 Å². The molecule has 9 heteroatoms. The molecule has 2 aromatic carbocycles. The summed E-state index contributed by atoms with van der Waals surface area (Å²) in [6, 6.07) is 13.2. The van der Waals surface area contributed by atoms with Gasteiger partial charge in [-0.3, -0.25) is 15.1 Å². The van der Waals surface area contributed by atoms with Gasteiger partial charge in [0.15, 0.2) is 0 Å². The second kappa shape index (κ2) is 8.54. The molecule has 3 rings (SSSR count). The van der Waals surface area contributed by atoms with Crippen molar-refractivity contribution >= 4 is 32.3 Å². The second-order valence-electron chi connectivity index (χ2n) is 6.38. The van der Waals surface area contributed by atoms with Crippen LogP contribution in [-0.2, 0) is 16.6 Å². The van der Waals surface area contributed by atoms with Crippen molar-refractivity contribution in [1.29, 1.82) is 0 Å². The van der Waals surface area contributed by atoms with Crippen LogP contribution >= 0.6 is 0 Å². The maximum atomic E-state index is 12.6. The van der Waals surface area contributed by atoms with Crippen LogP contribution in [0.5, 0.6) is 0 Å². The molecule has 0 aliphatic carbocycles. The number of nitro benzene ring substituents is 1. The molecule has 1 heterocycles. The molecule has 0 bridgehead atoms. The number of hydrogen-bond acceptors (Lipinski definition) is 6. The molecule has 0 unspecified atom stereocenters. The number of aromatic nitrogens is 1. The first kappa shape index (κ1) is 20.7. The molecule has 152 valence electrons. The Kier molecular flexibility index (Phi) is 6.09. The third kappa shape index (κ3) is 4.20. The molecule has 0 spiro atoms. The minimum atomic E-state index is -3.51.